The summed E-state index contributed by atoms with van der Waals surface area (Å²) in [5.74, 6) is 0.465. The number of carbonyl (C=O) groups is 1. The number of amides is 1. The Morgan fingerprint density at radius 1 is 1.00 bits per heavy atom. The van der Waals surface area contributed by atoms with Gasteiger partial charge < -0.3 is 9.64 Å². The minimum Gasteiger partial charge on any atom is -0.481 e. The second-order valence-corrected chi connectivity index (χ2v) is 8.55. The van der Waals surface area contributed by atoms with E-state index in [9.17, 15) is 13.2 Å². The first kappa shape index (κ1) is 19.7. The van der Waals surface area contributed by atoms with Gasteiger partial charge in [0, 0.05) is 26.2 Å². The predicted molar refractivity (Wildman–Crippen MR) is 103 cm³/mol. The first-order chi connectivity index (χ1) is 12.9. The zero-order chi connectivity index (χ0) is 19.4. The van der Waals surface area contributed by atoms with Crippen LogP contribution in [0.1, 0.15) is 6.92 Å². The number of halogens is 1. The highest BCUT2D eigenvalue weighted by Crippen LogP contribution is 2.25. The van der Waals surface area contributed by atoms with E-state index in [2.05, 4.69) is 0 Å². The molecule has 2 aromatic rings. The first-order valence-electron chi connectivity index (χ1n) is 8.65. The summed E-state index contributed by atoms with van der Waals surface area (Å²) in [7, 11) is -3.68. The average molecular weight is 409 g/mol. The van der Waals surface area contributed by atoms with Crippen LogP contribution in [0.2, 0.25) is 5.02 Å². The van der Waals surface area contributed by atoms with Crippen LogP contribution in [0.3, 0.4) is 0 Å². The van der Waals surface area contributed by atoms with Crippen molar-refractivity contribution in [1.82, 2.24) is 9.21 Å². The largest absolute Gasteiger partial charge is 0.481 e. The highest BCUT2D eigenvalue weighted by Gasteiger charge is 2.32. The molecule has 1 saturated heterocycles. The molecule has 1 atom stereocenters. The fraction of sp³-hybridized carbons (Fsp3) is 0.316. The van der Waals surface area contributed by atoms with Crippen molar-refractivity contribution in [3.63, 3.8) is 0 Å². The van der Waals surface area contributed by atoms with Crippen LogP contribution in [0.25, 0.3) is 0 Å². The Bertz CT molecular complexity index is 897. The van der Waals surface area contributed by atoms with Gasteiger partial charge in [-0.05, 0) is 31.2 Å². The number of rotatable bonds is 5. The van der Waals surface area contributed by atoms with Crippen molar-refractivity contribution in [3.05, 3.63) is 59.6 Å². The summed E-state index contributed by atoms with van der Waals surface area (Å²) in [6.45, 7) is 2.76. The van der Waals surface area contributed by atoms with E-state index >= 15 is 0 Å². The molecule has 6 nitrogen and oxygen atoms in total. The van der Waals surface area contributed by atoms with Gasteiger partial charge in [-0.25, -0.2) is 8.42 Å². The quantitative estimate of drug-likeness (QED) is 0.762. The van der Waals surface area contributed by atoms with Crippen molar-refractivity contribution in [1.29, 1.82) is 0 Å². The maximum atomic E-state index is 12.8. The number of hydrogen-bond acceptors (Lipinski definition) is 4. The fourth-order valence-electron chi connectivity index (χ4n) is 2.95. The lowest BCUT2D eigenvalue weighted by molar-refractivity contribution is -0.139. The van der Waals surface area contributed by atoms with Crippen molar-refractivity contribution >= 4 is 27.5 Å². The Labute approximate surface area is 164 Å². The monoisotopic (exact) mass is 408 g/mol. The molecule has 3 rings (SSSR count). The molecular formula is C19H21ClN2O4S. The molecular weight excluding hydrogens is 388 g/mol. The lowest BCUT2D eigenvalue weighted by atomic mass is 10.3. The van der Waals surface area contributed by atoms with Crippen molar-refractivity contribution in [3.8, 4) is 5.75 Å². The summed E-state index contributed by atoms with van der Waals surface area (Å²) in [6.07, 6.45) is -0.640. The molecule has 0 unspecified atom stereocenters. The highest BCUT2D eigenvalue weighted by molar-refractivity contribution is 7.89. The molecule has 2 aromatic carbocycles. The number of benzene rings is 2. The number of carbonyl (C=O) groups excluding carboxylic acids is 1. The van der Waals surface area contributed by atoms with Gasteiger partial charge in [-0.2, -0.15) is 4.31 Å². The number of nitrogens with zero attached hydrogens (tertiary/aromatic N) is 2. The van der Waals surface area contributed by atoms with Crippen molar-refractivity contribution in [2.24, 2.45) is 0 Å². The third kappa shape index (κ3) is 4.43. The number of hydrogen-bond donors (Lipinski definition) is 0. The average Bonchev–Trinajstić information content (AvgIpc) is 2.68. The first-order valence-corrected chi connectivity index (χ1v) is 10.5. The smallest absolute Gasteiger partial charge is 0.263 e. The zero-order valence-electron chi connectivity index (χ0n) is 14.9. The Morgan fingerprint density at radius 3 is 2.22 bits per heavy atom. The van der Waals surface area contributed by atoms with Crippen LogP contribution < -0.4 is 4.74 Å². The van der Waals surface area contributed by atoms with Gasteiger partial charge in [0.2, 0.25) is 10.0 Å². The van der Waals surface area contributed by atoms with Crippen LogP contribution in [0.15, 0.2) is 59.5 Å². The molecule has 0 aromatic heterocycles. The van der Waals surface area contributed by atoms with Gasteiger partial charge in [-0.1, -0.05) is 41.9 Å². The number of piperazine rings is 1. The van der Waals surface area contributed by atoms with E-state index in [0.29, 0.717) is 18.8 Å². The molecule has 1 aliphatic rings. The topological polar surface area (TPSA) is 66.9 Å². The molecule has 1 fully saturated rings. The van der Waals surface area contributed by atoms with E-state index < -0.39 is 16.1 Å². The highest BCUT2D eigenvalue weighted by atomic mass is 35.5. The molecule has 0 spiro atoms. The normalized spacial score (nSPS) is 16.7. The van der Waals surface area contributed by atoms with Crippen LogP contribution in [0, 0.1) is 0 Å². The molecule has 8 heteroatoms. The molecule has 1 heterocycles. The fourth-order valence-corrected chi connectivity index (χ4v) is 4.87. The lowest BCUT2D eigenvalue weighted by Gasteiger charge is -2.35. The third-order valence-corrected chi connectivity index (χ3v) is 6.81. The van der Waals surface area contributed by atoms with E-state index in [-0.39, 0.29) is 28.9 Å². The molecule has 0 saturated carbocycles. The molecule has 0 bridgehead atoms. The Hall–Kier alpha value is -2.09. The number of para-hydroxylation sites is 1. The van der Waals surface area contributed by atoms with Crippen molar-refractivity contribution in [2.75, 3.05) is 26.2 Å². The van der Waals surface area contributed by atoms with Gasteiger partial charge in [0.05, 0.1) is 5.02 Å². The molecule has 27 heavy (non-hydrogen) atoms. The van der Waals surface area contributed by atoms with Gasteiger partial charge in [0.15, 0.2) is 6.10 Å². The third-order valence-electron chi connectivity index (χ3n) is 4.41. The Kier molecular flexibility index (Phi) is 6.04. The van der Waals surface area contributed by atoms with Crippen LogP contribution >= 0.6 is 11.6 Å². The molecule has 0 radical (unpaired) electrons. The van der Waals surface area contributed by atoms with E-state index in [0.717, 1.165) is 0 Å². The van der Waals surface area contributed by atoms with Crippen molar-refractivity contribution < 1.29 is 17.9 Å². The molecule has 1 amide bonds. The van der Waals surface area contributed by atoms with Gasteiger partial charge in [0.1, 0.15) is 10.6 Å². The van der Waals surface area contributed by atoms with Gasteiger partial charge in [0.25, 0.3) is 5.91 Å². The molecule has 144 valence electrons. The summed E-state index contributed by atoms with van der Waals surface area (Å²) < 4.78 is 32.6. The van der Waals surface area contributed by atoms with Gasteiger partial charge in [-0.15, -0.1) is 0 Å². The van der Waals surface area contributed by atoms with E-state index in [1.807, 2.05) is 18.2 Å². The zero-order valence-corrected chi connectivity index (χ0v) is 16.5. The van der Waals surface area contributed by atoms with E-state index in [1.165, 1.54) is 10.4 Å². The summed E-state index contributed by atoms with van der Waals surface area (Å²) in [5.41, 5.74) is 0. The van der Waals surface area contributed by atoms with Crippen molar-refractivity contribution in [2.45, 2.75) is 17.9 Å². The van der Waals surface area contributed by atoms with E-state index in [1.54, 1.807) is 42.2 Å². The minimum atomic E-state index is -3.68. The SMILES string of the molecule is C[C@H](Oc1ccccc1)C(=O)N1CCN(S(=O)(=O)c2ccccc2Cl)CC1. The van der Waals surface area contributed by atoms with Gasteiger partial charge in [-0.3, -0.25) is 4.79 Å². The maximum absolute atomic E-state index is 12.8. The van der Waals surface area contributed by atoms with E-state index in [4.69, 9.17) is 16.3 Å². The molecule has 1 aliphatic heterocycles. The lowest BCUT2D eigenvalue weighted by Crippen LogP contribution is -2.53. The van der Waals surface area contributed by atoms with Crippen LogP contribution in [-0.4, -0.2) is 55.8 Å². The maximum Gasteiger partial charge on any atom is 0.263 e. The standard InChI is InChI=1S/C19H21ClN2O4S/c1-15(26-16-7-3-2-4-8-16)19(23)21-11-13-22(14-12-21)27(24,25)18-10-6-5-9-17(18)20/h2-10,15H,11-14H2,1H3/t15-/m0/s1. The van der Waals surface area contributed by atoms with Crippen LogP contribution in [0.4, 0.5) is 0 Å². The minimum absolute atomic E-state index is 0.0900. The number of ether oxygens (including phenoxy) is 1. The summed E-state index contributed by atoms with van der Waals surface area (Å²) >= 11 is 6.04. The second-order valence-electron chi connectivity index (χ2n) is 6.23. The number of sulfonamides is 1. The second kappa shape index (κ2) is 8.29. The Morgan fingerprint density at radius 2 is 1.59 bits per heavy atom. The molecule has 0 N–H and O–H groups in total. The molecule has 0 aliphatic carbocycles. The Balaban J connectivity index is 1.61. The summed E-state index contributed by atoms with van der Waals surface area (Å²) in [6, 6.07) is 15.5. The van der Waals surface area contributed by atoms with Gasteiger partial charge >= 0.3 is 0 Å². The summed E-state index contributed by atoms with van der Waals surface area (Å²) in [4.78, 5) is 14.3. The summed E-state index contributed by atoms with van der Waals surface area (Å²) in [5, 5.41) is 0.195. The van der Waals surface area contributed by atoms with Crippen LogP contribution in [-0.2, 0) is 14.8 Å². The predicted octanol–water partition coefficient (Wildman–Crippen LogP) is 2.64. The van der Waals surface area contributed by atoms with Crippen LogP contribution in [0.5, 0.6) is 5.75 Å².